The Hall–Kier alpha value is -3.44. The smallest absolute Gasteiger partial charge is 0.322 e. The number of hydrogen-bond donors (Lipinski definition) is 2. The molecule has 0 bridgehead atoms. The topological polar surface area (TPSA) is 88.2 Å². The lowest BCUT2D eigenvalue weighted by Gasteiger charge is -2.12. The first-order valence-corrected chi connectivity index (χ1v) is 11.8. The number of carbonyl (C=O) groups excluding carboxylic acids is 1. The van der Waals surface area contributed by atoms with Gasteiger partial charge in [-0.2, -0.15) is 13.2 Å². The third kappa shape index (κ3) is 4.99. The molecule has 0 radical (unpaired) electrons. The highest BCUT2D eigenvalue weighted by molar-refractivity contribution is 7.93. The monoisotopic (exact) mass is 491 g/mol. The van der Waals surface area contributed by atoms with Crippen molar-refractivity contribution in [3.63, 3.8) is 0 Å². The van der Waals surface area contributed by atoms with Crippen LogP contribution in [0.1, 0.15) is 21.5 Å². The number of hydrogen-bond acceptors (Lipinski definition) is 5. The van der Waals surface area contributed by atoms with Crippen LogP contribution in [-0.4, -0.2) is 19.3 Å². The van der Waals surface area contributed by atoms with Crippen LogP contribution in [0.3, 0.4) is 0 Å². The number of anilines is 2. The van der Waals surface area contributed by atoms with E-state index in [-0.39, 0.29) is 15.7 Å². The predicted octanol–water partition coefficient (Wildman–Crippen LogP) is 5.68. The molecule has 0 unspecified atom stereocenters. The number of sulfonamides is 1. The van der Waals surface area contributed by atoms with Crippen molar-refractivity contribution < 1.29 is 26.4 Å². The highest BCUT2D eigenvalue weighted by Crippen LogP contribution is 2.33. The van der Waals surface area contributed by atoms with E-state index in [0.29, 0.717) is 10.2 Å². The normalized spacial score (nSPS) is 12.0. The molecule has 33 heavy (non-hydrogen) atoms. The van der Waals surface area contributed by atoms with Gasteiger partial charge in [0.15, 0.2) is 5.13 Å². The summed E-state index contributed by atoms with van der Waals surface area (Å²) in [5.74, 6) is -0.910. The highest BCUT2D eigenvalue weighted by Gasteiger charge is 2.34. The zero-order valence-corrected chi connectivity index (χ0v) is 18.6. The number of alkyl halides is 3. The average molecular weight is 492 g/mol. The lowest BCUT2D eigenvalue weighted by Crippen LogP contribution is -2.18. The SMILES string of the molecule is Cc1ccc(S(=O)(=O)Nc2nc3ccc(NC(=O)c4ccccc4C(F)(F)F)cc3s2)cc1. The van der Waals surface area contributed by atoms with Gasteiger partial charge in [0.25, 0.3) is 15.9 Å². The number of halogens is 3. The molecule has 0 aliphatic carbocycles. The number of aryl methyl sites for hydroxylation is 1. The Labute approximate surface area is 191 Å². The van der Waals surface area contributed by atoms with Crippen molar-refractivity contribution in [1.29, 1.82) is 0 Å². The number of rotatable bonds is 5. The summed E-state index contributed by atoms with van der Waals surface area (Å²) in [6, 6.07) is 15.4. The summed E-state index contributed by atoms with van der Waals surface area (Å²) in [4.78, 5) is 16.8. The molecule has 1 amide bonds. The molecule has 0 atom stereocenters. The Balaban J connectivity index is 1.57. The standard InChI is InChI=1S/C22H16F3N3O3S2/c1-13-6-9-15(10-7-13)33(30,31)28-21-27-18-11-8-14(12-19(18)32-21)26-20(29)16-4-2-3-5-17(16)22(23,24)25/h2-12H,1H3,(H,26,29)(H,27,28). The molecular weight excluding hydrogens is 475 g/mol. The molecule has 0 aliphatic rings. The van der Waals surface area contributed by atoms with Crippen molar-refractivity contribution in [2.45, 2.75) is 18.0 Å². The van der Waals surface area contributed by atoms with Crippen molar-refractivity contribution in [3.8, 4) is 0 Å². The molecule has 4 aromatic rings. The molecule has 11 heteroatoms. The Morgan fingerprint density at radius 1 is 1.00 bits per heavy atom. The van der Waals surface area contributed by atoms with Crippen molar-refractivity contribution in [2.75, 3.05) is 10.0 Å². The first-order valence-electron chi connectivity index (χ1n) is 9.50. The molecule has 1 heterocycles. The third-order valence-corrected chi connectivity index (χ3v) is 7.09. The van der Waals surface area contributed by atoms with Gasteiger partial charge in [-0.05, 0) is 49.4 Å². The number of benzene rings is 3. The molecule has 2 N–H and O–H groups in total. The number of carbonyl (C=O) groups is 1. The molecule has 0 spiro atoms. The molecule has 3 aromatic carbocycles. The molecule has 170 valence electrons. The van der Waals surface area contributed by atoms with E-state index in [2.05, 4.69) is 15.0 Å². The van der Waals surface area contributed by atoms with E-state index in [1.807, 2.05) is 6.92 Å². The molecule has 4 rings (SSSR count). The van der Waals surface area contributed by atoms with Gasteiger partial charge in [0.2, 0.25) is 0 Å². The number of aromatic nitrogens is 1. The Morgan fingerprint density at radius 3 is 2.39 bits per heavy atom. The molecule has 1 aromatic heterocycles. The van der Waals surface area contributed by atoms with Gasteiger partial charge >= 0.3 is 6.18 Å². The summed E-state index contributed by atoms with van der Waals surface area (Å²) in [5, 5.41) is 2.57. The maximum absolute atomic E-state index is 13.2. The quantitative estimate of drug-likeness (QED) is 0.376. The van der Waals surface area contributed by atoms with Crippen LogP contribution in [0.2, 0.25) is 0 Å². The Kier molecular flexibility index (Phi) is 5.85. The average Bonchev–Trinajstić information content (AvgIpc) is 3.14. The predicted molar refractivity (Wildman–Crippen MR) is 121 cm³/mol. The lowest BCUT2D eigenvalue weighted by molar-refractivity contribution is -0.137. The fourth-order valence-corrected chi connectivity index (χ4v) is 5.20. The van der Waals surface area contributed by atoms with Crippen molar-refractivity contribution in [2.24, 2.45) is 0 Å². The summed E-state index contributed by atoms with van der Waals surface area (Å²) >= 11 is 1.03. The second-order valence-electron chi connectivity index (χ2n) is 7.12. The zero-order valence-electron chi connectivity index (χ0n) is 17.0. The number of amides is 1. The minimum Gasteiger partial charge on any atom is -0.322 e. The van der Waals surface area contributed by atoms with Gasteiger partial charge in [0, 0.05) is 5.69 Å². The second kappa shape index (κ2) is 8.49. The van der Waals surface area contributed by atoms with E-state index in [0.717, 1.165) is 29.0 Å². The van der Waals surface area contributed by atoms with Gasteiger partial charge in [-0.3, -0.25) is 9.52 Å². The van der Waals surface area contributed by atoms with Crippen LogP contribution in [0.5, 0.6) is 0 Å². The van der Waals surface area contributed by atoms with Crippen LogP contribution in [0.15, 0.2) is 71.6 Å². The molecule has 6 nitrogen and oxygen atoms in total. The summed E-state index contributed by atoms with van der Waals surface area (Å²) in [7, 11) is -3.84. The molecule has 0 aliphatic heterocycles. The van der Waals surface area contributed by atoms with E-state index >= 15 is 0 Å². The highest BCUT2D eigenvalue weighted by atomic mass is 32.2. The summed E-state index contributed by atoms with van der Waals surface area (Å²) < 4.78 is 67.7. The van der Waals surface area contributed by atoms with E-state index in [1.54, 1.807) is 18.2 Å². The lowest BCUT2D eigenvalue weighted by atomic mass is 10.1. The molecular formula is C22H16F3N3O3S2. The van der Waals surface area contributed by atoms with Crippen molar-refractivity contribution in [3.05, 3.63) is 83.4 Å². The first kappa shape index (κ1) is 22.7. The fourth-order valence-electron chi connectivity index (χ4n) is 3.06. The minimum atomic E-state index is -4.67. The first-order chi connectivity index (χ1) is 15.5. The van der Waals surface area contributed by atoms with E-state index in [4.69, 9.17) is 0 Å². The second-order valence-corrected chi connectivity index (χ2v) is 9.83. The van der Waals surface area contributed by atoms with Gasteiger partial charge < -0.3 is 5.32 Å². The largest absolute Gasteiger partial charge is 0.417 e. The fraction of sp³-hybridized carbons (Fsp3) is 0.0909. The molecule has 0 saturated carbocycles. The van der Waals surface area contributed by atoms with Gasteiger partial charge in [-0.15, -0.1) is 0 Å². The van der Waals surface area contributed by atoms with Crippen LogP contribution >= 0.6 is 11.3 Å². The van der Waals surface area contributed by atoms with E-state index < -0.39 is 33.2 Å². The van der Waals surface area contributed by atoms with Crippen LogP contribution in [0.25, 0.3) is 10.2 Å². The minimum absolute atomic E-state index is 0.0867. The van der Waals surface area contributed by atoms with Crippen LogP contribution in [0.4, 0.5) is 24.0 Å². The maximum atomic E-state index is 13.2. The van der Waals surface area contributed by atoms with Crippen molar-refractivity contribution >= 4 is 48.3 Å². The van der Waals surface area contributed by atoms with E-state index in [9.17, 15) is 26.4 Å². The summed E-state index contributed by atoms with van der Waals surface area (Å²) in [5.41, 5.74) is 0.104. The number of fused-ring (bicyclic) bond motifs is 1. The van der Waals surface area contributed by atoms with Crippen LogP contribution < -0.4 is 10.0 Å². The summed E-state index contributed by atoms with van der Waals surface area (Å²) in [6.45, 7) is 1.84. The number of nitrogens with one attached hydrogen (secondary N) is 2. The maximum Gasteiger partial charge on any atom is 0.417 e. The number of thiazole rings is 1. The number of nitrogens with zero attached hydrogens (tertiary/aromatic N) is 1. The third-order valence-electron chi connectivity index (χ3n) is 4.68. The van der Waals surface area contributed by atoms with Crippen LogP contribution in [0, 0.1) is 6.92 Å². The summed E-state index contributed by atoms with van der Waals surface area (Å²) in [6.07, 6.45) is -4.67. The Morgan fingerprint density at radius 2 is 1.70 bits per heavy atom. The van der Waals surface area contributed by atoms with Gasteiger partial charge in [0.05, 0.1) is 26.2 Å². The van der Waals surface area contributed by atoms with Crippen molar-refractivity contribution in [1.82, 2.24) is 4.98 Å². The Bertz CT molecular complexity index is 1450. The van der Waals surface area contributed by atoms with Gasteiger partial charge in [-0.25, -0.2) is 13.4 Å². The zero-order chi connectivity index (χ0) is 23.8. The van der Waals surface area contributed by atoms with Gasteiger partial charge in [-0.1, -0.05) is 41.2 Å². The van der Waals surface area contributed by atoms with Crippen LogP contribution in [-0.2, 0) is 16.2 Å². The van der Waals surface area contributed by atoms with Gasteiger partial charge in [0.1, 0.15) is 0 Å². The molecule has 0 saturated heterocycles. The van der Waals surface area contributed by atoms with E-state index in [1.165, 1.54) is 36.4 Å². The molecule has 0 fully saturated rings.